The van der Waals surface area contributed by atoms with Crippen LogP contribution in [-0.4, -0.2) is 60.6 Å². The lowest BCUT2D eigenvalue weighted by molar-refractivity contribution is -0.133. The molecule has 1 aliphatic carbocycles. The molecular formula is C24H26F2N2O4. The van der Waals surface area contributed by atoms with E-state index in [2.05, 4.69) is 24.8 Å². The molecule has 1 aromatic rings. The Bertz CT molecular complexity index is 1050. The maximum atomic E-state index is 13.1. The number of hydrogen-bond donors (Lipinski definition) is 1. The Balaban J connectivity index is 1.70. The molecule has 2 unspecified atom stereocenters. The van der Waals surface area contributed by atoms with E-state index in [0.717, 1.165) is 21.7 Å². The van der Waals surface area contributed by atoms with Gasteiger partial charge in [-0.15, -0.1) is 0 Å². The molecule has 0 aromatic heterocycles. The van der Waals surface area contributed by atoms with Crippen molar-refractivity contribution >= 4 is 17.8 Å². The van der Waals surface area contributed by atoms with Crippen molar-refractivity contribution in [2.75, 3.05) is 31.6 Å². The number of carbonyl (C=O) groups excluding carboxylic acids is 2. The molecule has 0 fully saturated rings. The van der Waals surface area contributed by atoms with Gasteiger partial charge >= 0.3 is 12.1 Å². The second kappa shape index (κ2) is 7.94. The smallest absolute Gasteiger partial charge is 0.315 e. The molecule has 2 heterocycles. The zero-order valence-electron chi connectivity index (χ0n) is 18.3. The Morgan fingerprint density at radius 1 is 1.22 bits per heavy atom. The van der Waals surface area contributed by atoms with E-state index < -0.39 is 42.4 Å². The Kier molecular flexibility index (Phi) is 5.55. The molecule has 0 saturated carbocycles. The predicted octanol–water partition coefficient (Wildman–Crippen LogP) is 2.94. The SMILES string of the molecule is CN1c2ccccc2C(C)(C)C12C=CC1=C(O2)C(CN(CC(=O)F)CC(=O)F)=CC(O)C1. The second-order valence-corrected chi connectivity index (χ2v) is 9.01. The topological polar surface area (TPSA) is 70.1 Å². The van der Waals surface area contributed by atoms with Gasteiger partial charge in [-0.3, -0.25) is 14.5 Å². The van der Waals surface area contributed by atoms with Crippen LogP contribution in [0.25, 0.3) is 0 Å². The van der Waals surface area contributed by atoms with Gasteiger partial charge in [0.25, 0.3) is 0 Å². The number of fused-ring (bicyclic) bond motifs is 1. The standard InChI is InChI=1S/C24H26F2N2O4/c1-23(2)18-6-4-5-7-19(18)27(3)24(23)9-8-15-10-17(29)11-16(22(15)32-24)12-28(13-20(25)30)14-21(26)31/h4-9,11,17,29H,10,12-14H2,1-3H3. The Hall–Kier alpha value is -2.84. The number of anilines is 1. The van der Waals surface area contributed by atoms with Crippen LogP contribution in [0.4, 0.5) is 14.5 Å². The number of allylic oxidation sites excluding steroid dienone is 1. The lowest BCUT2D eigenvalue weighted by atomic mass is 9.75. The van der Waals surface area contributed by atoms with E-state index >= 15 is 0 Å². The molecule has 1 spiro atoms. The normalized spacial score (nSPS) is 25.5. The fourth-order valence-electron chi connectivity index (χ4n) is 5.06. The molecule has 1 aromatic carbocycles. The van der Waals surface area contributed by atoms with E-state index in [9.17, 15) is 23.5 Å². The summed E-state index contributed by atoms with van der Waals surface area (Å²) in [5, 5.41) is 10.3. The maximum absolute atomic E-state index is 13.1. The molecular weight excluding hydrogens is 418 g/mol. The zero-order chi connectivity index (χ0) is 23.3. The van der Waals surface area contributed by atoms with Gasteiger partial charge in [-0.2, -0.15) is 8.78 Å². The van der Waals surface area contributed by atoms with Crippen molar-refractivity contribution in [3.63, 3.8) is 0 Å². The van der Waals surface area contributed by atoms with E-state index in [0.29, 0.717) is 17.8 Å². The molecule has 2 aliphatic heterocycles. The monoisotopic (exact) mass is 444 g/mol. The quantitative estimate of drug-likeness (QED) is 0.681. The van der Waals surface area contributed by atoms with Crippen molar-refractivity contribution in [1.29, 1.82) is 0 Å². The first-order valence-corrected chi connectivity index (χ1v) is 10.5. The van der Waals surface area contributed by atoms with Crippen LogP contribution in [0.1, 0.15) is 25.8 Å². The number of halogens is 2. The van der Waals surface area contributed by atoms with Crippen LogP contribution in [0, 0.1) is 0 Å². The average molecular weight is 444 g/mol. The van der Waals surface area contributed by atoms with E-state index in [1.54, 1.807) is 6.08 Å². The van der Waals surface area contributed by atoms with Gasteiger partial charge < -0.3 is 14.7 Å². The largest absolute Gasteiger partial charge is 0.463 e. The fraction of sp³-hybridized carbons (Fsp3) is 0.417. The van der Waals surface area contributed by atoms with Crippen LogP contribution in [0.5, 0.6) is 0 Å². The minimum absolute atomic E-state index is 0.123. The second-order valence-electron chi connectivity index (χ2n) is 9.01. The molecule has 3 aliphatic rings. The van der Waals surface area contributed by atoms with Crippen molar-refractivity contribution < 1.29 is 28.2 Å². The molecule has 2 atom stereocenters. The van der Waals surface area contributed by atoms with Crippen LogP contribution < -0.4 is 4.90 Å². The summed E-state index contributed by atoms with van der Waals surface area (Å²) >= 11 is 0. The Morgan fingerprint density at radius 3 is 2.50 bits per heavy atom. The third kappa shape index (κ3) is 3.57. The fourth-order valence-corrected chi connectivity index (χ4v) is 5.06. The summed E-state index contributed by atoms with van der Waals surface area (Å²) in [5.41, 5.74) is 2.06. The summed E-state index contributed by atoms with van der Waals surface area (Å²) in [7, 11) is 1.94. The summed E-state index contributed by atoms with van der Waals surface area (Å²) in [5.74, 6) is 0.494. The number of nitrogens with zero attached hydrogens (tertiary/aromatic N) is 2. The molecule has 0 radical (unpaired) electrons. The van der Waals surface area contributed by atoms with Gasteiger partial charge in [0.05, 0.1) is 24.6 Å². The number of para-hydroxylation sites is 1. The molecule has 0 saturated heterocycles. The van der Waals surface area contributed by atoms with Gasteiger partial charge in [0.2, 0.25) is 5.72 Å². The third-order valence-electron chi connectivity index (χ3n) is 6.60. The number of benzene rings is 1. The molecule has 170 valence electrons. The minimum atomic E-state index is -1.68. The molecule has 6 nitrogen and oxygen atoms in total. The lowest BCUT2D eigenvalue weighted by Gasteiger charge is -2.47. The number of aliphatic hydroxyl groups excluding tert-OH is 1. The summed E-state index contributed by atoms with van der Waals surface area (Å²) < 4.78 is 32.8. The van der Waals surface area contributed by atoms with Crippen molar-refractivity contribution in [3.05, 3.63) is 65.0 Å². The first-order chi connectivity index (χ1) is 15.0. The van der Waals surface area contributed by atoms with Crippen LogP contribution in [0.15, 0.2) is 59.4 Å². The highest BCUT2D eigenvalue weighted by Gasteiger charge is 2.58. The van der Waals surface area contributed by atoms with E-state index in [1.165, 1.54) is 0 Å². The highest BCUT2D eigenvalue weighted by Crippen LogP contribution is 2.55. The molecule has 32 heavy (non-hydrogen) atoms. The number of aliphatic hydroxyl groups is 1. The summed E-state index contributed by atoms with van der Waals surface area (Å²) in [4.78, 5) is 25.1. The molecule has 8 heteroatoms. The van der Waals surface area contributed by atoms with Gasteiger partial charge in [-0.1, -0.05) is 24.3 Å². The van der Waals surface area contributed by atoms with E-state index in [4.69, 9.17) is 4.74 Å². The van der Waals surface area contributed by atoms with Crippen LogP contribution in [-0.2, 0) is 19.7 Å². The molecule has 4 rings (SSSR count). The van der Waals surface area contributed by atoms with Crippen molar-refractivity contribution in [2.24, 2.45) is 0 Å². The van der Waals surface area contributed by atoms with Gasteiger partial charge in [0.1, 0.15) is 5.76 Å². The van der Waals surface area contributed by atoms with Gasteiger partial charge in [0, 0.05) is 31.3 Å². The predicted molar refractivity (Wildman–Crippen MR) is 115 cm³/mol. The third-order valence-corrected chi connectivity index (χ3v) is 6.60. The number of ether oxygens (including phenoxy) is 1. The van der Waals surface area contributed by atoms with Gasteiger partial charge in [0.15, 0.2) is 0 Å². The van der Waals surface area contributed by atoms with Crippen molar-refractivity contribution in [1.82, 2.24) is 4.90 Å². The van der Waals surface area contributed by atoms with Crippen molar-refractivity contribution in [2.45, 2.75) is 37.5 Å². The number of hydrogen-bond acceptors (Lipinski definition) is 6. The summed E-state index contributed by atoms with van der Waals surface area (Å²) in [6.07, 6.45) is 4.97. The molecule has 0 amide bonds. The highest BCUT2D eigenvalue weighted by molar-refractivity contribution is 5.74. The van der Waals surface area contributed by atoms with E-state index in [-0.39, 0.29) is 6.54 Å². The molecule has 1 N–H and O–H groups in total. The Labute approximate surface area is 185 Å². The van der Waals surface area contributed by atoms with Gasteiger partial charge in [-0.05, 0) is 43.2 Å². The highest BCUT2D eigenvalue weighted by atomic mass is 19.1. The van der Waals surface area contributed by atoms with Crippen LogP contribution in [0.3, 0.4) is 0 Å². The Morgan fingerprint density at radius 2 is 1.88 bits per heavy atom. The summed E-state index contributed by atoms with van der Waals surface area (Å²) in [6.45, 7) is 2.58. The summed E-state index contributed by atoms with van der Waals surface area (Å²) in [6, 6.07) is 4.67. The number of rotatable bonds is 6. The van der Waals surface area contributed by atoms with E-state index in [1.807, 2.05) is 37.4 Å². The number of likely N-dealkylation sites (N-methyl/N-ethyl adjacent to an activating group) is 1. The first kappa shape index (κ1) is 22.4. The van der Waals surface area contributed by atoms with Crippen molar-refractivity contribution in [3.8, 4) is 0 Å². The van der Waals surface area contributed by atoms with Crippen LogP contribution in [0.2, 0.25) is 0 Å². The molecule has 0 bridgehead atoms. The number of carbonyl (C=O) groups is 2. The first-order valence-electron chi connectivity index (χ1n) is 10.5. The minimum Gasteiger partial charge on any atom is -0.463 e. The van der Waals surface area contributed by atoms with Gasteiger partial charge in [-0.25, -0.2) is 0 Å². The zero-order valence-corrected chi connectivity index (χ0v) is 18.3. The maximum Gasteiger partial charge on any atom is 0.315 e. The van der Waals surface area contributed by atoms with Crippen LogP contribution >= 0.6 is 0 Å². The average Bonchev–Trinajstić information content (AvgIpc) is 2.86. The lowest BCUT2D eigenvalue weighted by Crippen LogP contribution is -2.56.